The van der Waals surface area contributed by atoms with E-state index in [0.717, 1.165) is 0 Å². The molecule has 0 spiro atoms. The molecule has 0 bridgehead atoms. The van der Waals surface area contributed by atoms with E-state index in [1.807, 2.05) is 0 Å². The van der Waals surface area contributed by atoms with E-state index in [1.54, 1.807) is 31.2 Å². The first-order valence-electron chi connectivity index (χ1n) is 5.52. The molecule has 6 heteroatoms. The van der Waals surface area contributed by atoms with Crippen molar-refractivity contribution in [3.63, 3.8) is 0 Å². The summed E-state index contributed by atoms with van der Waals surface area (Å²) in [5.41, 5.74) is 6.11. The Morgan fingerprint density at radius 1 is 1.22 bits per heavy atom. The second-order valence-corrected chi connectivity index (χ2v) is 3.47. The van der Waals surface area contributed by atoms with Crippen LogP contribution in [0.3, 0.4) is 0 Å². The third kappa shape index (κ3) is 5.20. The maximum absolute atomic E-state index is 11.2. The first-order chi connectivity index (χ1) is 8.61. The summed E-state index contributed by atoms with van der Waals surface area (Å²) in [6.07, 6.45) is 0. The highest BCUT2D eigenvalue weighted by atomic mass is 16.6. The highest BCUT2D eigenvalue weighted by Crippen LogP contribution is 2.12. The highest BCUT2D eigenvalue weighted by Gasteiger charge is 2.07. The van der Waals surface area contributed by atoms with E-state index in [0.29, 0.717) is 18.0 Å². The Kier molecular flexibility index (Phi) is 5.50. The van der Waals surface area contributed by atoms with E-state index in [-0.39, 0.29) is 19.1 Å². The van der Waals surface area contributed by atoms with Crippen molar-refractivity contribution in [2.45, 2.75) is 6.92 Å². The van der Waals surface area contributed by atoms with Crippen molar-refractivity contribution in [1.29, 1.82) is 0 Å². The summed E-state index contributed by atoms with van der Waals surface area (Å²) in [4.78, 5) is 22.3. The third-order valence-corrected chi connectivity index (χ3v) is 1.97. The van der Waals surface area contributed by atoms with E-state index in [2.05, 4.69) is 5.32 Å². The molecule has 0 atom stereocenters. The van der Waals surface area contributed by atoms with Crippen LogP contribution < -0.4 is 15.8 Å². The Morgan fingerprint density at radius 2 is 1.89 bits per heavy atom. The number of hydrogen-bond donors (Lipinski definition) is 2. The molecule has 6 nitrogen and oxygen atoms in total. The lowest BCUT2D eigenvalue weighted by molar-refractivity contribution is -0.150. The van der Waals surface area contributed by atoms with Crippen molar-refractivity contribution in [1.82, 2.24) is 5.32 Å². The fourth-order valence-corrected chi connectivity index (χ4v) is 1.14. The number of carbonyl (C=O) groups excluding carboxylic acids is 2. The van der Waals surface area contributed by atoms with Crippen molar-refractivity contribution < 1.29 is 19.1 Å². The molecule has 1 aromatic rings. The Bertz CT molecular complexity index is 403. The van der Waals surface area contributed by atoms with Gasteiger partial charge in [-0.2, -0.15) is 0 Å². The number of rotatable bonds is 6. The molecule has 0 radical (unpaired) electrons. The minimum Gasteiger partial charge on any atom is -0.482 e. The van der Waals surface area contributed by atoms with Gasteiger partial charge in [0.05, 0.1) is 0 Å². The van der Waals surface area contributed by atoms with Gasteiger partial charge in [-0.25, -0.2) is 4.79 Å². The zero-order valence-corrected chi connectivity index (χ0v) is 10.1. The number of nitrogen functional groups attached to an aromatic ring is 1. The van der Waals surface area contributed by atoms with Crippen LogP contribution in [0, 0.1) is 0 Å². The summed E-state index contributed by atoms with van der Waals surface area (Å²) in [5, 5.41) is 2.51. The van der Waals surface area contributed by atoms with Gasteiger partial charge in [-0.1, -0.05) is 0 Å². The molecule has 1 rings (SSSR count). The lowest BCUT2D eigenvalue weighted by Crippen LogP contribution is -2.29. The molecule has 1 amide bonds. The van der Waals surface area contributed by atoms with Gasteiger partial charge in [-0.05, 0) is 31.2 Å². The van der Waals surface area contributed by atoms with Crippen LogP contribution in [0.2, 0.25) is 0 Å². The largest absolute Gasteiger partial charge is 0.482 e. The van der Waals surface area contributed by atoms with Gasteiger partial charge in [-0.3, -0.25) is 4.79 Å². The number of benzene rings is 1. The minimum absolute atomic E-state index is 0.247. The molecule has 0 aliphatic heterocycles. The number of likely N-dealkylation sites (N-methyl/N-ethyl adjacent to an activating group) is 1. The predicted octanol–water partition coefficient (Wildman–Crippen LogP) is 0.327. The number of hydrogen-bond acceptors (Lipinski definition) is 5. The van der Waals surface area contributed by atoms with Crippen molar-refractivity contribution >= 4 is 17.6 Å². The Morgan fingerprint density at radius 3 is 2.50 bits per heavy atom. The van der Waals surface area contributed by atoms with Crippen LogP contribution in [-0.2, 0) is 14.3 Å². The maximum atomic E-state index is 11.2. The number of amides is 1. The second kappa shape index (κ2) is 7.16. The van der Waals surface area contributed by atoms with Crippen LogP contribution in [0.25, 0.3) is 0 Å². The summed E-state index contributed by atoms with van der Waals surface area (Å²) in [6.45, 7) is 1.74. The Balaban J connectivity index is 2.24. The van der Waals surface area contributed by atoms with Crippen LogP contribution in [0.15, 0.2) is 24.3 Å². The molecule has 0 unspecified atom stereocenters. The number of ether oxygens (including phenoxy) is 2. The first kappa shape index (κ1) is 13.8. The molecule has 3 N–H and O–H groups in total. The summed E-state index contributed by atoms with van der Waals surface area (Å²) in [5.74, 6) is -0.421. The van der Waals surface area contributed by atoms with E-state index >= 15 is 0 Å². The van der Waals surface area contributed by atoms with Gasteiger partial charge in [0.25, 0.3) is 5.91 Å². The summed E-state index contributed by atoms with van der Waals surface area (Å²) >= 11 is 0. The van der Waals surface area contributed by atoms with Crippen LogP contribution >= 0.6 is 0 Å². The summed E-state index contributed by atoms with van der Waals surface area (Å²) in [7, 11) is 0. The molecule has 0 saturated heterocycles. The van der Waals surface area contributed by atoms with Crippen molar-refractivity contribution in [3.05, 3.63) is 24.3 Å². The number of carbonyl (C=O) groups is 2. The fourth-order valence-electron chi connectivity index (χ4n) is 1.14. The van der Waals surface area contributed by atoms with Crippen molar-refractivity contribution in [3.8, 4) is 5.75 Å². The first-order valence-corrected chi connectivity index (χ1v) is 5.52. The van der Waals surface area contributed by atoms with Gasteiger partial charge in [0.1, 0.15) is 5.75 Å². The molecule has 0 fully saturated rings. The van der Waals surface area contributed by atoms with E-state index in [4.69, 9.17) is 15.2 Å². The number of nitrogens with two attached hydrogens (primary N) is 1. The average molecular weight is 252 g/mol. The molecule has 0 saturated carbocycles. The topological polar surface area (TPSA) is 90.6 Å². The molecular formula is C12H16N2O4. The van der Waals surface area contributed by atoms with E-state index in [9.17, 15) is 9.59 Å². The Labute approximate surface area is 105 Å². The average Bonchev–Trinajstić information content (AvgIpc) is 2.36. The molecule has 0 aliphatic carbocycles. The van der Waals surface area contributed by atoms with Crippen molar-refractivity contribution in [2.75, 3.05) is 25.5 Å². The molecule has 0 heterocycles. The normalized spacial score (nSPS) is 9.61. The minimum atomic E-state index is -0.599. The number of esters is 1. The summed E-state index contributed by atoms with van der Waals surface area (Å²) in [6, 6.07) is 6.61. The molecule has 1 aromatic carbocycles. The predicted molar refractivity (Wildman–Crippen MR) is 66.0 cm³/mol. The van der Waals surface area contributed by atoms with E-state index < -0.39 is 5.97 Å². The standard InChI is InChI=1S/C12H16N2O4/c1-2-14-11(15)7-18-12(16)8-17-10-5-3-9(13)4-6-10/h3-6H,2,7-8,13H2,1H3,(H,14,15). The zero-order chi connectivity index (χ0) is 13.4. The van der Waals surface area contributed by atoms with Gasteiger partial charge in [0.2, 0.25) is 0 Å². The SMILES string of the molecule is CCNC(=O)COC(=O)COc1ccc(N)cc1. The van der Waals surface area contributed by atoms with Gasteiger partial charge >= 0.3 is 5.97 Å². The van der Waals surface area contributed by atoms with Crippen LogP contribution in [-0.4, -0.2) is 31.6 Å². The quantitative estimate of drug-likeness (QED) is 0.562. The van der Waals surface area contributed by atoms with Gasteiger partial charge in [0.15, 0.2) is 13.2 Å². The van der Waals surface area contributed by atoms with Crippen LogP contribution in [0.4, 0.5) is 5.69 Å². The molecular weight excluding hydrogens is 236 g/mol. The molecule has 18 heavy (non-hydrogen) atoms. The van der Waals surface area contributed by atoms with Crippen molar-refractivity contribution in [2.24, 2.45) is 0 Å². The highest BCUT2D eigenvalue weighted by molar-refractivity contribution is 5.80. The molecule has 0 aromatic heterocycles. The fraction of sp³-hybridized carbons (Fsp3) is 0.333. The molecule has 0 aliphatic rings. The second-order valence-electron chi connectivity index (χ2n) is 3.47. The Hall–Kier alpha value is -2.24. The zero-order valence-electron chi connectivity index (χ0n) is 10.1. The smallest absolute Gasteiger partial charge is 0.344 e. The lowest BCUT2D eigenvalue weighted by atomic mass is 10.3. The van der Waals surface area contributed by atoms with E-state index in [1.165, 1.54) is 0 Å². The van der Waals surface area contributed by atoms with Gasteiger partial charge in [-0.15, -0.1) is 0 Å². The maximum Gasteiger partial charge on any atom is 0.344 e. The summed E-state index contributed by atoms with van der Waals surface area (Å²) < 4.78 is 9.85. The van der Waals surface area contributed by atoms with Gasteiger partial charge in [0, 0.05) is 12.2 Å². The lowest BCUT2D eigenvalue weighted by Gasteiger charge is -2.07. The van der Waals surface area contributed by atoms with Crippen LogP contribution in [0.1, 0.15) is 6.92 Å². The molecule has 98 valence electrons. The van der Waals surface area contributed by atoms with Crippen LogP contribution in [0.5, 0.6) is 5.75 Å². The number of anilines is 1. The number of nitrogens with one attached hydrogen (secondary N) is 1. The third-order valence-electron chi connectivity index (χ3n) is 1.97. The monoisotopic (exact) mass is 252 g/mol. The van der Waals surface area contributed by atoms with Gasteiger partial charge < -0.3 is 20.5 Å².